The van der Waals surface area contributed by atoms with Crippen LogP contribution in [0.25, 0.3) is 11.2 Å². The minimum atomic E-state index is 0.155. The Morgan fingerprint density at radius 2 is 1.89 bits per heavy atom. The molecule has 0 spiro atoms. The van der Waals surface area contributed by atoms with E-state index in [9.17, 15) is 0 Å². The van der Waals surface area contributed by atoms with Crippen molar-refractivity contribution in [1.82, 2.24) is 19.5 Å². The maximum atomic E-state index is 5.99. The van der Waals surface area contributed by atoms with Gasteiger partial charge in [-0.05, 0) is 12.5 Å². The number of rotatable bonds is 2. The number of imidazole rings is 1. The second-order valence-corrected chi connectivity index (χ2v) is 4.43. The van der Waals surface area contributed by atoms with Crippen molar-refractivity contribution in [2.45, 2.75) is 13.0 Å². The first kappa shape index (κ1) is 11.2. The number of benzene rings is 1. The monoisotopic (exact) mass is 258 g/mol. The van der Waals surface area contributed by atoms with Crippen LogP contribution >= 0.6 is 11.6 Å². The Labute approximate surface area is 109 Å². The fourth-order valence-electron chi connectivity index (χ4n) is 2.00. The molecule has 5 heteroatoms. The van der Waals surface area contributed by atoms with Crippen molar-refractivity contribution in [2.24, 2.45) is 0 Å². The van der Waals surface area contributed by atoms with Gasteiger partial charge in [0.15, 0.2) is 10.8 Å². The first-order valence-corrected chi connectivity index (χ1v) is 6.03. The number of hydrogen-bond acceptors (Lipinski definition) is 3. The SMILES string of the molecule is C[C@@H](c1ccccc1)n1cnc2c(Cl)ncnc21. The predicted octanol–water partition coefficient (Wildman–Crippen LogP) is 3.09. The molecule has 0 saturated heterocycles. The van der Waals surface area contributed by atoms with Gasteiger partial charge in [-0.15, -0.1) is 0 Å². The van der Waals surface area contributed by atoms with Gasteiger partial charge >= 0.3 is 0 Å². The quantitative estimate of drug-likeness (QED) is 0.664. The molecule has 1 aromatic carbocycles. The van der Waals surface area contributed by atoms with Crippen molar-refractivity contribution in [3.8, 4) is 0 Å². The molecule has 0 fully saturated rings. The molecule has 1 atom stereocenters. The Morgan fingerprint density at radius 1 is 1.11 bits per heavy atom. The molecule has 0 amide bonds. The minimum Gasteiger partial charge on any atom is -0.308 e. The number of halogens is 1. The van der Waals surface area contributed by atoms with Crippen LogP contribution in [0.3, 0.4) is 0 Å². The van der Waals surface area contributed by atoms with E-state index in [0.717, 1.165) is 5.65 Å². The molecular formula is C13H11ClN4. The van der Waals surface area contributed by atoms with E-state index >= 15 is 0 Å². The summed E-state index contributed by atoms with van der Waals surface area (Å²) >= 11 is 5.99. The van der Waals surface area contributed by atoms with E-state index in [4.69, 9.17) is 11.6 Å². The van der Waals surface area contributed by atoms with Gasteiger partial charge in [0.2, 0.25) is 0 Å². The van der Waals surface area contributed by atoms with Gasteiger partial charge in [-0.2, -0.15) is 0 Å². The van der Waals surface area contributed by atoms with Crippen LogP contribution in [-0.2, 0) is 0 Å². The predicted molar refractivity (Wildman–Crippen MR) is 70.6 cm³/mol. The van der Waals surface area contributed by atoms with Crippen LogP contribution in [0.5, 0.6) is 0 Å². The molecule has 0 radical (unpaired) electrons. The molecule has 0 aliphatic rings. The van der Waals surface area contributed by atoms with Gasteiger partial charge in [0.25, 0.3) is 0 Å². The lowest BCUT2D eigenvalue weighted by atomic mass is 10.1. The number of hydrogen-bond donors (Lipinski definition) is 0. The molecule has 3 aromatic rings. The molecule has 18 heavy (non-hydrogen) atoms. The summed E-state index contributed by atoms with van der Waals surface area (Å²) in [5.41, 5.74) is 2.60. The highest BCUT2D eigenvalue weighted by Gasteiger charge is 2.14. The van der Waals surface area contributed by atoms with Crippen molar-refractivity contribution < 1.29 is 0 Å². The average Bonchev–Trinajstić information content (AvgIpc) is 2.84. The summed E-state index contributed by atoms with van der Waals surface area (Å²) in [6.45, 7) is 2.10. The highest BCUT2D eigenvalue weighted by Crippen LogP contribution is 2.24. The van der Waals surface area contributed by atoms with Gasteiger partial charge in [0.1, 0.15) is 11.8 Å². The summed E-state index contributed by atoms with van der Waals surface area (Å²) in [4.78, 5) is 12.5. The smallest absolute Gasteiger partial charge is 0.165 e. The number of fused-ring (bicyclic) bond motifs is 1. The van der Waals surface area contributed by atoms with Crippen LogP contribution in [0.4, 0.5) is 0 Å². The van der Waals surface area contributed by atoms with E-state index in [1.165, 1.54) is 11.9 Å². The summed E-state index contributed by atoms with van der Waals surface area (Å²) in [5.74, 6) is 0. The zero-order valence-corrected chi connectivity index (χ0v) is 10.5. The third-order valence-electron chi connectivity index (χ3n) is 3.01. The lowest BCUT2D eigenvalue weighted by Gasteiger charge is -2.13. The molecule has 0 N–H and O–H groups in total. The summed E-state index contributed by atoms with van der Waals surface area (Å²) in [5, 5.41) is 0.388. The average molecular weight is 259 g/mol. The summed E-state index contributed by atoms with van der Waals surface area (Å²) in [6, 6.07) is 10.4. The van der Waals surface area contributed by atoms with Crippen LogP contribution < -0.4 is 0 Å². The molecule has 2 aromatic heterocycles. The van der Waals surface area contributed by atoms with E-state index < -0.39 is 0 Å². The van der Waals surface area contributed by atoms with Crippen LogP contribution in [0.15, 0.2) is 43.0 Å². The fraction of sp³-hybridized carbons (Fsp3) is 0.154. The third-order valence-corrected chi connectivity index (χ3v) is 3.29. The Kier molecular flexibility index (Phi) is 2.72. The number of aromatic nitrogens is 4. The zero-order valence-electron chi connectivity index (χ0n) is 9.79. The molecule has 0 saturated carbocycles. The molecule has 2 heterocycles. The lowest BCUT2D eigenvalue weighted by molar-refractivity contribution is 0.652. The first-order valence-electron chi connectivity index (χ1n) is 5.65. The highest BCUT2D eigenvalue weighted by atomic mass is 35.5. The van der Waals surface area contributed by atoms with Gasteiger partial charge in [-0.25, -0.2) is 15.0 Å². The van der Waals surface area contributed by atoms with Crippen molar-refractivity contribution in [1.29, 1.82) is 0 Å². The maximum absolute atomic E-state index is 5.99. The van der Waals surface area contributed by atoms with E-state index in [1.54, 1.807) is 6.33 Å². The molecule has 3 rings (SSSR count). The van der Waals surface area contributed by atoms with Crippen LogP contribution in [0.2, 0.25) is 5.15 Å². The van der Waals surface area contributed by atoms with E-state index in [0.29, 0.717) is 10.7 Å². The van der Waals surface area contributed by atoms with E-state index in [1.807, 2.05) is 22.8 Å². The van der Waals surface area contributed by atoms with Crippen molar-refractivity contribution in [3.63, 3.8) is 0 Å². The van der Waals surface area contributed by atoms with Gasteiger partial charge < -0.3 is 4.57 Å². The van der Waals surface area contributed by atoms with Gasteiger partial charge in [-0.1, -0.05) is 41.9 Å². The summed E-state index contributed by atoms with van der Waals surface area (Å²) < 4.78 is 2.00. The Hall–Kier alpha value is -1.94. The van der Waals surface area contributed by atoms with Gasteiger partial charge in [-0.3, -0.25) is 0 Å². The van der Waals surface area contributed by atoms with Crippen LogP contribution in [0.1, 0.15) is 18.5 Å². The second-order valence-electron chi connectivity index (χ2n) is 4.08. The highest BCUT2D eigenvalue weighted by molar-refractivity contribution is 6.33. The number of nitrogens with zero attached hydrogens (tertiary/aromatic N) is 4. The van der Waals surface area contributed by atoms with Crippen LogP contribution in [-0.4, -0.2) is 19.5 Å². The fourth-order valence-corrected chi connectivity index (χ4v) is 2.18. The minimum absolute atomic E-state index is 0.155. The molecule has 4 nitrogen and oxygen atoms in total. The van der Waals surface area contributed by atoms with Gasteiger partial charge in [0.05, 0.1) is 12.4 Å². The second kappa shape index (κ2) is 4.38. The largest absolute Gasteiger partial charge is 0.308 e. The molecule has 90 valence electrons. The van der Waals surface area contributed by atoms with Crippen LogP contribution in [0, 0.1) is 0 Å². The summed E-state index contributed by atoms with van der Waals surface area (Å²) in [6.07, 6.45) is 3.21. The maximum Gasteiger partial charge on any atom is 0.165 e. The normalized spacial score (nSPS) is 12.8. The topological polar surface area (TPSA) is 43.6 Å². The lowest BCUT2D eigenvalue weighted by Crippen LogP contribution is -2.06. The summed E-state index contributed by atoms with van der Waals surface area (Å²) in [7, 11) is 0. The van der Waals surface area contributed by atoms with Crippen molar-refractivity contribution in [3.05, 3.63) is 53.7 Å². The first-order chi connectivity index (χ1) is 8.77. The standard InChI is InChI=1S/C13H11ClN4/c1-9(10-5-3-2-4-6-10)18-8-17-11-12(14)15-7-16-13(11)18/h2-9H,1H3/t9-/m0/s1. The van der Waals surface area contributed by atoms with Crippen molar-refractivity contribution >= 4 is 22.8 Å². The van der Waals surface area contributed by atoms with Crippen molar-refractivity contribution in [2.75, 3.05) is 0 Å². The Morgan fingerprint density at radius 3 is 2.67 bits per heavy atom. The molecule has 0 bridgehead atoms. The van der Waals surface area contributed by atoms with E-state index in [-0.39, 0.29) is 6.04 Å². The Balaban J connectivity index is 2.13. The Bertz CT molecular complexity index is 678. The zero-order chi connectivity index (χ0) is 12.5. The molecular weight excluding hydrogens is 248 g/mol. The third kappa shape index (κ3) is 1.75. The van der Waals surface area contributed by atoms with Gasteiger partial charge in [0, 0.05) is 0 Å². The molecule has 0 unspecified atom stereocenters. The van der Waals surface area contributed by atoms with E-state index in [2.05, 4.69) is 34.0 Å². The molecule has 0 aliphatic heterocycles. The molecule has 0 aliphatic carbocycles.